The van der Waals surface area contributed by atoms with Gasteiger partial charge < -0.3 is 0 Å². The van der Waals surface area contributed by atoms with Crippen molar-refractivity contribution in [2.24, 2.45) is 0 Å². The maximum atomic E-state index is 13.4. The van der Waals surface area contributed by atoms with Crippen LogP contribution >= 0.6 is 0 Å². The molecule has 0 fully saturated rings. The van der Waals surface area contributed by atoms with E-state index in [1.807, 2.05) is 0 Å². The number of carbonyl (C=O) groups is 2. The second-order valence-electron chi connectivity index (χ2n) is 2.68. The summed E-state index contributed by atoms with van der Waals surface area (Å²) in [6, 6.07) is 4.12. The van der Waals surface area contributed by atoms with E-state index in [2.05, 4.69) is 0 Å². The minimum Gasteiger partial charge on any atom is -0.298 e. The Morgan fingerprint density at radius 1 is 1.57 bits per heavy atom. The van der Waals surface area contributed by atoms with Gasteiger partial charge in [0.15, 0.2) is 12.1 Å². The van der Waals surface area contributed by atoms with Crippen LogP contribution in [0, 0.1) is 17.1 Å². The average molecular weight is 191 g/mol. The Hall–Kier alpha value is -2.02. The van der Waals surface area contributed by atoms with Crippen LogP contribution in [-0.4, -0.2) is 12.1 Å². The van der Waals surface area contributed by atoms with Crippen LogP contribution in [0.15, 0.2) is 12.1 Å². The number of ketones is 1. The lowest BCUT2D eigenvalue weighted by atomic mass is 10.0. The summed E-state index contributed by atoms with van der Waals surface area (Å²) in [6.07, 6.45) is 0.308. The van der Waals surface area contributed by atoms with Crippen molar-refractivity contribution in [3.63, 3.8) is 0 Å². The molecule has 1 rings (SSSR count). The van der Waals surface area contributed by atoms with Gasteiger partial charge in [0, 0.05) is 0 Å². The lowest BCUT2D eigenvalue weighted by Gasteiger charge is -2.02. The first-order valence-electron chi connectivity index (χ1n) is 3.80. The molecule has 0 aliphatic heterocycles. The zero-order valence-electron chi connectivity index (χ0n) is 7.37. The highest BCUT2D eigenvalue weighted by Crippen LogP contribution is 2.16. The van der Waals surface area contributed by atoms with Crippen molar-refractivity contribution in [2.45, 2.75) is 6.92 Å². The second-order valence-corrected chi connectivity index (χ2v) is 2.68. The van der Waals surface area contributed by atoms with Gasteiger partial charge >= 0.3 is 0 Å². The van der Waals surface area contributed by atoms with E-state index >= 15 is 0 Å². The monoisotopic (exact) mass is 191 g/mol. The first-order chi connectivity index (χ1) is 6.61. The molecule has 0 aliphatic carbocycles. The highest BCUT2D eigenvalue weighted by Gasteiger charge is 2.16. The first kappa shape index (κ1) is 10.1. The van der Waals surface area contributed by atoms with Gasteiger partial charge in [-0.15, -0.1) is 0 Å². The Labute approximate surface area is 79.8 Å². The fourth-order valence-electron chi connectivity index (χ4n) is 1.12. The summed E-state index contributed by atoms with van der Waals surface area (Å²) < 4.78 is 13.4. The normalized spacial score (nSPS) is 9.21. The zero-order chi connectivity index (χ0) is 10.7. The highest BCUT2D eigenvalue weighted by molar-refractivity contribution is 5.98. The van der Waals surface area contributed by atoms with Gasteiger partial charge in [0.05, 0.1) is 22.8 Å². The van der Waals surface area contributed by atoms with Gasteiger partial charge in [0.1, 0.15) is 5.82 Å². The standard InChI is InChI=1S/C10H6FNO2/c1-6(14)9-7(4-12)2-3-8(5-13)10(9)11/h2-3,5H,1H3. The summed E-state index contributed by atoms with van der Waals surface area (Å²) in [6.45, 7) is 1.15. The van der Waals surface area contributed by atoms with Gasteiger partial charge in [-0.1, -0.05) is 0 Å². The van der Waals surface area contributed by atoms with Gasteiger partial charge in [-0.25, -0.2) is 4.39 Å². The van der Waals surface area contributed by atoms with E-state index in [0.717, 1.165) is 6.92 Å². The van der Waals surface area contributed by atoms with E-state index in [-0.39, 0.29) is 16.7 Å². The molecule has 4 heteroatoms. The number of benzene rings is 1. The molecule has 0 unspecified atom stereocenters. The number of nitriles is 1. The molecule has 0 N–H and O–H groups in total. The summed E-state index contributed by atoms with van der Waals surface area (Å²) >= 11 is 0. The molecule has 0 atom stereocenters. The Morgan fingerprint density at radius 2 is 2.21 bits per heavy atom. The average Bonchev–Trinajstić information content (AvgIpc) is 2.16. The minimum atomic E-state index is -0.924. The number of halogens is 1. The number of aldehydes is 1. The van der Waals surface area contributed by atoms with E-state index in [0.29, 0.717) is 6.29 Å². The number of carbonyl (C=O) groups excluding carboxylic acids is 2. The topological polar surface area (TPSA) is 57.9 Å². The molecular weight excluding hydrogens is 185 g/mol. The molecular formula is C10H6FNO2. The zero-order valence-corrected chi connectivity index (χ0v) is 7.37. The van der Waals surface area contributed by atoms with Crippen LogP contribution in [0.5, 0.6) is 0 Å². The third-order valence-corrected chi connectivity index (χ3v) is 1.77. The summed E-state index contributed by atoms with van der Waals surface area (Å²) in [4.78, 5) is 21.4. The number of nitrogens with zero attached hydrogens (tertiary/aromatic N) is 1. The van der Waals surface area contributed by atoms with Gasteiger partial charge in [0.25, 0.3) is 0 Å². The van der Waals surface area contributed by atoms with Gasteiger partial charge in [-0.3, -0.25) is 9.59 Å². The van der Waals surface area contributed by atoms with E-state index in [1.54, 1.807) is 6.07 Å². The molecule has 70 valence electrons. The second kappa shape index (κ2) is 3.79. The smallest absolute Gasteiger partial charge is 0.164 e. The van der Waals surface area contributed by atoms with Crippen molar-refractivity contribution >= 4 is 12.1 Å². The molecule has 0 bridgehead atoms. The SMILES string of the molecule is CC(=O)c1c(C#N)ccc(C=O)c1F. The Bertz CT molecular complexity index is 446. The van der Waals surface area contributed by atoms with Crippen LogP contribution in [0.3, 0.4) is 0 Å². The van der Waals surface area contributed by atoms with Crippen molar-refractivity contribution in [3.8, 4) is 6.07 Å². The van der Waals surface area contributed by atoms with Crippen LogP contribution in [-0.2, 0) is 0 Å². The molecule has 1 aromatic rings. The third-order valence-electron chi connectivity index (χ3n) is 1.77. The lowest BCUT2D eigenvalue weighted by Crippen LogP contribution is -2.04. The molecule has 0 radical (unpaired) electrons. The highest BCUT2D eigenvalue weighted by atomic mass is 19.1. The van der Waals surface area contributed by atoms with E-state index in [9.17, 15) is 14.0 Å². The molecule has 14 heavy (non-hydrogen) atoms. The predicted molar refractivity (Wildman–Crippen MR) is 46.5 cm³/mol. The van der Waals surface area contributed by atoms with E-state index in [1.165, 1.54) is 12.1 Å². The van der Waals surface area contributed by atoms with Gasteiger partial charge in [-0.05, 0) is 19.1 Å². The maximum Gasteiger partial charge on any atom is 0.164 e. The number of rotatable bonds is 2. The summed E-state index contributed by atoms with van der Waals surface area (Å²) in [5.74, 6) is -1.49. The Morgan fingerprint density at radius 3 is 2.64 bits per heavy atom. The first-order valence-corrected chi connectivity index (χ1v) is 3.80. The van der Waals surface area contributed by atoms with E-state index < -0.39 is 11.6 Å². The van der Waals surface area contributed by atoms with Crippen molar-refractivity contribution in [3.05, 3.63) is 34.6 Å². The predicted octanol–water partition coefficient (Wildman–Crippen LogP) is 1.71. The minimum absolute atomic E-state index is 0.0550. The van der Waals surface area contributed by atoms with Gasteiger partial charge in [-0.2, -0.15) is 5.26 Å². The third kappa shape index (κ3) is 1.52. The van der Waals surface area contributed by atoms with Crippen molar-refractivity contribution in [1.29, 1.82) is 5.26 Å². The molecule has 0 amide bonds. The fraction of sp³-hybridized carbons (Fsp3) is 0.100. The van der Waals surface area contributed by atoms with Crippen LogP contribution in [0.1, 0.15) is 33.2 Å². The van der Waals surface area contributed by atoms with Crippen molar-refractivity contribution < 1.29 is 14.0 Å². The molecule has 0 heterocycles. The van der Waals surface area contributed by atoms with Gasteiger partial charge in [0.2, 0.25) is 0 Å². The van der Waals surface area contributed by atoms with E-state index in [4.69, 9.17) is 5.26 Å². The fourth-order valence-corrected chi connectivity index (χ4v) is 1.12. The molecule has 0 saturated heterocycles. The largest absolute Gasteiger partial charge is 0.298 e. The molecule has 0 aromatic heterocycles. The molecule has 0 aliphatic rings. The Kier molecular flexibility index (Phi) is 2.73. The maximum absolute atomic E-state index is 13.4. The number of hydrogen-bond donors (Lipinski definition) is 0. The number of Topliss-reactive ketones (excluding diaryl/α,β-unsaturated/α-hetero) is 1. The lowest BCUT2D eigenvalue weighted by molar-refractivity contribution is 0.101. The molecule has 3 nitrogen and oxygen atoms in total. The Balaban J connectivity index is 3.56. The molecule has 0 spiro atoms. The van der Waals surface area contributed by atoms with Crippen molar-refractivity contribution in [1.82, 2.24) is 0 Å². The number of hydrogen-bond acceptors (Lipinski definition) is 3. The van der Waals surface area contributed by atoms with Crippen LogP contribution in [0.25, 0.3) is 0 Å². The molecule has 1 aromatic carbocycles. The quantitative estimate of drug-likeness (QED) is 0.528. The van der Waals surface area contributed by atoms with Crippen LogP contribution in [0.4, 0.5) is 4.39 Å². The summed E-state index contributed by atoms with van der Waals surface area (Å²) in [5, 5.41) is 8.60. The summed E-state index contributed by atoms with van der Waals surface area (Å²) in [7, 11) is 0. The van der Waals surface area contributed by atoms with Crippen LogP contribution < -0.4 is 0 Å². The summed E-state index contributed by atoms with van der Waals surface area (Å²) in [5.41, 5.74) is -0.591. The molecule has 0 saturated carbocycles. The van der Waals surface area contributed by atoms with Crippen LogP contribution in [0.2, 0.25) is 0 Å². The van der Waals surface area contributed by atoms with Crippen molar-refractivity contribution in [2.75, 3.05) is 0 Å².